The van der Waals surface area contributed by atoms with Gasteiger partial charge in [0, 0.05) is 25.6 Å². The molecule has 0 spiro atoms. The van der Waals surface area contributed by atoms with Crippen LogP contribution >= 0.6 is 0 Å². The number of amides is 1. The molecule has 2 aliphatic rings. The number of carbonyl (C=O) groups excluding carboxylic acids is 1. The molecule has 22 heavy (non-hydrogen) atoms. The maximum atomic E-state index is 12.1. The molecule has 3 rings (SSSR count). The SMILES string of the molecule is CC(C)(C)OC(=O)N1C[C@H]2CN(Cc3ccccc3)O[C@H]2C1. The van der Waals surface area contributed by atoms with Gasteiger partial charge in [-0.1, -0.05) is 30.3 Å². The van der Waals surface area contributed by atoms with Crippen molar-refractivity contribution in [3.63, 3.8) is 0 Å². The fourth-order valence-corrected chi connectivity index (χ4v) is 3.00. The molecule has 120 valence electrons. The quantitative estimate of drug-likeness (QED) is 0.842. The van der Waals surface area contributed by atoms with Gasteiger partial charge in [0.2, 0.25) is 0 Å². The molecular weight excluding hydrogens is 280 g/mol. The van der Waals surface area contributed by atoms with Crippen LogP contribution < -0.4 is 0 Å². The standard InChI is InChI=1S/C17H24N2O3/c1-17(2,3)21-16(20)18-10-14-11-19(22-15(14)12-18)9-13-7-5-4-6-8-13/h4-8,14-15H,9-12H2,1-3H3/t14-,15-/m0/s1. The zero-order chi connectivity index (χ0) is 15.7. The molecule has 0 aromatic heterocycles. The van der Waals surface area contributed by atoms with Gasteiger partial charge in [0.05, 0.1) is 6.54 Å². The molecule has 1 amide bonds. The van der Waals surface area contributed by atoms with Crippen molar-refractivity contribution in [1.82, 2.24) is 9.96 Å². The Labute approximate surface area is 131 Å². The molecule has 2 fully saturated rings. The zero-order valence-electron chi connectivity index (χ0n) is 13.5. The number of hydroxylamine groups is 2. The first-order valence-electron chi connectivity index (χ1n) is 7.84. The third kappa shape index (κ3) is 3.59. The number of likely N-dealkylation sites (tertiary alicyclic amines) is 1. The summed E-state index contributed by atoms with van der Waals surface area (Å²) in [5, 5.41) is 2.01. The lowest BCUT2D eigenvalue weighted by Crippen LogP contribution is -2.37. The van der Waals surface area contributed by atoms with Crippen LogP contribution in [0.4, 0.5) is 4.79 Å². The van der Waals surface area contributed by atoms with Gasteiger partial charge in [0.25, 0.3) is 0 Å². The lowest BCUT2D eigenvalue weighted by Gasteiger charge is -2.25. The van der Waals surface area contributed by atoms with Crippen molar-refractivity contribution in [1.29, 1.82) is 0 Å². The van der Waals surface area contributed by atoms with Gasteiger partial charge in [-0.25, -0.2) is 4.79 Å². The fraction of sp³-hybridized carbons (Fsp3) is 0.588. The second-order valence-electron chi connectivity index (χ2n) is 7.10. The van der Waals surface area contributed by atoms with Crippen molar-refractivity contribution in [2.24, 2.45) is 5.92 Å². The first kappa shape index (κ1) is 15.3. The number of hydrogen-bond donors (Lipinski definition) is 0. The van der Waals surface area contributed by atoms with Crippen LogP contribution in [0.2, 0.25) is 0 Å². The predicted octanol–water partition coefficient (Wildman–Crippen LogP) is 2.67. The summed E-state index contributed by atoms with van der Waals surface area (Å²) in [6.45, 7) is 8.65. The van der Waals surface area contributed by atoms with Gasteiger partial charge in [-0.3, -0.25) is 4.84 Å². The molecule has 2 saturated heterocycles. The normalized spacial score (nSPS) is 25.3. The van der Waals surface area contributed by atoms with Crippen LogP contribution in [-0.4, -0.2) is 47.4 Å². The molecule has 2 aliphatic heterocycles. The Morgan fingerprint density at radius 3 is 2.59 bits per heavy atom. The summed E-state index contributed by atoms with van der Waals surface area (Å²) in [7, 11) is 0. The molecule has 1 aromatic carbocycles. The molecule has 0 unspecified atom stereocenters. The molecule has 0 bridgehead atoms. The highest BCUT2D eigenvalue weighted by Gasteiger charge is 2.44. The average Bonchev–Trinajstić information content (AvgIpc) is 2.96. The first-order valence-corrected chi connectivity index (χ1v) is 7.84. The highest BCUT2D eigenvalue weighted by Crippen LogP contribution is 2.30. The van der Waals surface area contributed by atoms with Crippen LogP contribution in [0.25, 0.3) is 0 Å². The van der Waals surface area contributed by atoms with Crippen LogP contribution in [0.15, 0.2) is 30.3 Å². The number of carbonyl (C=O) groups is 1. The second-order valence-corrected chi connectivity index (χ2v) is 7.10. The number of benzene rings is 1. The van der Waals surface area contributed by atoms with Crippen molar-refractivity contribution < 1.29 is 14.4 Å². The van der Waals surface area contributed by atoms with Gasteiger partial charge in [-0.15, -0.1) is 0 Å². The van der Waals surface area contributed by atoms with Crippen molar-refractivity contribution in [2.45, 2.75) is 39.0 Å². The third-order valence-corrected chi connectivity index (χ3v) is 3.96. The van der Waals surface area contributed by atoms with E-state index in [-0.39, 0.29) is 12.2 Å². The van der Waals surface area contributed by atoms with Crippen LogP contribution in [0, 0.1) is 5.92 Å². The molecule has 2 atom stereocenters. The highest BCUT2D eigenvalue weighted by atomic mass is 16.7. The van der Waals surface area contributed by atoms with Crippen molar-refractivity contribution in [3.05, 3.63) is 35.9 Å². The topological polar surface area (TPSA) is 42.0 Å². The molecule has 2 heterocycles. The van der Waals surface area contributed by atoms with E-state index in [0.29, 0.717) is 19.0 Å². The van der Waals surface area contributed by atoms with E-state index >= 15 is 0 Å². The summed E-state index contributed by atoms with van der Waals surface area (Å²) >= 11 is 0. The van der Waals surface area contributed by atoms with Gasteiger partial charge in [0.1, 0.15) is 11.7 Å². The fourth-order valence-electron chi connectivity index (χ4n) is 3.00. The molecule has 5 nitrogen and oxygen atoms in total. The number of nitrogens with zero attached hydrogens (tertiary/aromatic N) is 2. The summed E-state index contributed by atoms with van der Waals surface area (Å²) in [6.07, 6.45) is -0.142. The number of ether oxygens (including phenoxy) is 1. The van der Waals surface area contributed by atoms with E-state index in [2.05, 4.69) is 12.1 Å². The Morgan fingerprint density at radius 2 is 1.95 bits per heavy atom. The predicted molar refractivity (Wildman–Crippen MR) is 83.0 cm³/mol. The first-order chi connectivity index (χ1) is 10.4. The van der Waals surface area contributed by atoms with Gasteiger partial charge in [-0.2, -0.15) is 5.06 Å². The minimum atomic E-state index is -0.449. The lowest BCUT2D eigenvalue weighted by molar-refractivity contribution is -0.153. The monoisotopic (exact) mass is 304 g/mol. The molecule has 0 N–H and O–H groups in total. The van der Waals surface area contributed by atoms with Crippen molar-refractivity contribution in [3.8, 4) is 0 Å². The number of rotatable bonds is 2. The molecule has 1 aromatic rings. The van der Waals surface area contributed by atoms with Crippen molar-refractivity contribution >= 4 is 6.09 Å². The van der Waals surface area contributed by atoms with E-state index in [1.165, 1.54) is 5.56 Å². The summed E-state index contributed by atoms with van der Waals surface area (Å²) in [6, 6.07) is 10.3. The summed E-state index contributed by atoms with van der Waals surface area (Å²) in [4.78, 5) is 19.8. The molecular formula is C17H24N2O3. The number of fused-ring (bicyclic) bond motifs is 1. The van der Waals surface area contributed by atoms with Gasteiger partial charge in [0.15, 0.2) is 0 Å². The second kappa shape index (κ2) is 5.89. The maximum Gasteiger partial charge on any atom is 0.410 e. The largest absolute Gasteiger partial charge is 0.444 e. The Bertz CT molecular complexity index is 512. The maximum absolute atomic E-state index is 12.1. The minimum absolute atomic E-state index is 0.0937. The van der Waals surface area contributed by atoms with E-state index in [9.17, 15) is 4.79 Å². The molecule has 0 aliphatic carbocycles. The number of hydrogen-bond acceptors (Lipinski definition) is 4. The highest BCUT2D eigenvalue weighted by molar-refractivity contribution is 5.68. The molecule has 0 saturated carbocycles. The van der Waals surface area contributed by atoms with Crippen LogP contribution in [0.5, 0.6) is 0 Å². The van der Waals surface area contributed by atoms with Gasteiger partial charge < -0.3 is 9.64 Å². The van der Waals surface area contributed by atoms with E-state index in [0.717, 1.165) is 13.1 Å². The minimum Gasteiger partial charge on any atom is -0.444 e. The van der Waals surface area contributed by atoms with Crippen molar-refractivity contribution in [2.75, 3.05) is 19.6 Å². The van der Waals surface area contributed by atoms with E-state index in [4.69, 9.17) is 9.57 Å². The molecule has 5 heteroatoms. The smallest absolute Gasteiger partial charge is 0.410 e. The third-order valence-electron chi connectivity index (χ3n) is 3.96. The van der Waals surface area contributed by atoms with E-state index in [1.54, 1.807) is 4.90 Å². The lowest BCUT2D eigenvalue weighted by atomic mass is 10.1. The van der Waals surface area contributed by atoms with Crippen LogP contribution in [-0.2, 0) is 16.1 Å². The summed E-state index contributed by atoms with van der Waals surface area (Å²) in [5.74, 6) is 0.372. The van der Waals surface area contributed by atoms with Gasteiger partial charge >= 0.3 is 6.09 Å². The van der Waals surface area contributed by atoms with E-state index in [1.807, 2.05) is 44.0 Å². The summed E-state index contributed by atoms with van der Waals surface area (Å²) < 4.78 is 5.43. The Kier molecular flexibility index (Phi) is 4.10. The van der Waals surface area contributed by atoms with Crippen LogP contribution in [0.3, 0.4) is 0 Å². The van der Waals surface area contributed by atoms with Crippen LogP contribution in [0.1, 0.15) is 26.3 Å². The van der Waals surface area contributed by atoms with Gasteiger partial charge in [-0.05, 0) is 26.3 Å². The Hall–Kier alpha value is -1.59. The Balaban J connectivity index is 1.51. The summed E-state index contributed by atoms with van der Waals surface area (Å²) in [5.41, 5.74) is 0.793. The Morgan fingerprint density at radius 1 is 1.23 bits per heavy atom. The average molecular weight is 304 g/mol. The zero-order valence-corrected chi connectivity index (χ0v) is 13.5. The molecule has 0 radical (unpaired) electrons. The van der Waals surface area contributed by atoms with E-state index < -0.39 is 5.60 Å².